The summed E-state index contributed by atoms with van der Waals surface area (Å²) in [5.74, 6) is 0. The third-order valence-electron chi connectivity index (χ3n) is 9.48. The molecule has 0 atom stereocenters. The highest BCUT2D eigenvalue weighted by atomic mass is 32.1. The maximum Gasteiger partial charge on any atom is 0.160 e. The number of rotatable bonds is 4. The van der Waals surface area contributed by atoms with Gasteiger partial charge in [-0.3, -0.25) is 0 Å². The second-order valence-electron chi connectivity index (χ2n) is 12.3. The molecule has 0 fully saturated rings. The van der Waals surface area contributed by atoms with E-state index in [2.05, 4.69) is 126 Å². The molecule has 0 spiro atoms. The van der Waals surface area contributed by atoms with Crippen LogP contribution in [0.2, 0.25) is 0 Å². The number of para-hydroxylation sites is 2. The molecule has 0 bridgehead atoms. The largest absolute Gasteiger partial charge is 0.456 e. The van der Waals surface area contributed by atoms with E-state index < -0.39 is 0 Å². The van der Waals surface area contributed by atoms with Crippen molar-refractivity contribution >= 4 is 114 Å². The molecule has 49 heavy (non-hydrogen) atoms. The van der Waals surface area contributed by atoms with Crippen molar-refractivity contribution in [2.75, 3.05) is 4.90 Å². The first-order chi connectivity index (χ1) is 24.3. The van der Waals surface area contributed by atoms with Gasteiger partial charge in [0.25, 0.3) is 0 Å². The van der Waals surface area contributed by atoms with Crippen LogP contribution in [-0.2, 0) is 0 Å². The van der Waals surface area contributed by atoms with Crippen molar-refractivity contribution in [3.63, 3.8) is 0 Å². The molecule has 0 aliphatic carbocycles. The Morgan fingerprint density at radius 1 is 0.490 bits per heavy atom. The summed E-state index contributed by atoms with van der Waals surface area (Å²) in [7, 11) is 0. The summed E-state index contributed by atoms with van der Waals surface area (Å²) in [6.45, 7) is 0. The Kier molecular flexibility index (Phi) is 5.67. The SMILES string of the molecule is c1ccc(-c2nc3cc(N(c4ccc5c(c4)oc4ccccc45)c4ccc5sc6ccccc6c5c4)c4oc5ccccc5c4c3s2)cc1. The molecule has 0 radical (unpaired) electrons. The van der Waals surface area contributed by atoms with E-state index in [1.807, 2.05) is 35.6 Å². The zero-order valence-corrected chi connectivity index (χ0v) is 27.5. The maximum absolute atomic E-state index is 6.82. The van der Waals surface area contributed by atoms with Crippen LogP contribution < -0.4 is 4.90 Å². The van der Waals surface area contributed by atoms with E-state index in [0.29, 0.717) is 0 Å². The maximum atomic E-state index is 6.82. The molecule has 0 aliphatic rings. The van der Waals surface area contributed by atoms with Crippen molar-refractivity contribution in [1.29, 1.82) is 0 Å². The highest BCUT2D eigenvalue weighted by Crippen LogP contribution is 2.49. The van der Waals surface area contributed by atoms with Gasteiger partial charge in [-0.2, -0.15) is 0 Å². The molecule has 11 aromatic rings. The van der Waals surface area contributed by atoms with Gasteiger partial charge < -0.3 is 13.7 Å². The van der Waals surface area contributed by atoms with E-state index in [9.17, 15) is 0 Å². The molecule has 0 saturated carbocycles. The highest BCUT2D eigenvalue weighted by Gasteiger charge is 2.25. The Morgan fingerprint density at radius 2 is 1.16 bits per heavy atom. The third-order valence-corrected chi connectivity index (χ3v) is 11.8. The third kappa shape index (κ3) is 4.05. The van der Waals surface area contributed by atoms with Crippen LogP contribution in [0.1, 0.15) is 0 Å². The fourth-order valence-electron chi connectivity index (χ4n) is 7.26. The Morgan fingerprint density at radius 3 is 2.04 bits per heavy atom. The number of benzene rings is 7. The average Bonchev–Trinajstić information content (AvgIpc) is 3.93. The van der Waals surface area contributed by atoms with Gasteiger partial charge in [0.1, 0.15) is 21.8 Å². The fraction of sp³-hybridized carbons (Fsp3) is 0. The fourth-order valence-corrected chi connectivity index (χ4v) is 9.45. The topological polar surface area (TPSA) is 42.4 Å². The zero-order chi connectivity index (χ0) is 32.1. The number of hydrogen-bond acceptors (Lipinski definition) is 6. The van der Waals surface area contributed by atoms with Crippen molar-refractivity contribution < 1.29 is 8.83 Å². The lowest BCUT2D eigenvalue weighted by Crippen LogP contribution is -2.10. The van der Waals surface area contributed by atoms with Gasteiger partial charge >= 0.3 is 0 Å². The first-order valence-corrected chi connectivity index (χ1v) is 17.8. The van der Waals surface area contributed by atoms with E-state index in [-0.39, 0.29) is 0 Å². The number of nitrogens with zero attached hydrogens (tertiary/aromatic N) is 2. The predicted octanol–water partition coefficient (Wildman–Crippen LogP) is 13.6. The van der Waals surface area contributed by atoms with Crippen LogP contribution in [0.25, 0.3) is 84.8 Å². The molecule has 0 amide bonds. The predicted molar refractivity (Wildman–Crippen MR) is 207 cm³/mol. The van der Waals surface area contributed by atoms with E-state index >= 15 is 0 Å². The summed E-state index contributed by atoms with van der Waals surface area (Å²) >= 11 is 3.54. The molecule has 4 nitrogen and oxygen atoms in total. The minimum absolute atomic E-state index is 0.830. The second kappa shape index (κ2) is 10.3. The lowest BCUT2D eigenvalue weighted by atomic mass is 10.1. The number of anilines is 3. The highest BCUT2D eigenvalue weighted by molar-refractivity contribution is 7.25. The molecule has 0 saturated heterocycles. The molecular weight excluding hydrogens is 641 g/mol. The number of aromatic nitrogens is 1. The summed E-state index contributed by atoms with van der Waals surface area (Å²) in [4.78, 5) is 7.55. The zero-order valence-electron chi connectivity index (χ0n) is 25.9. The monoisotopic (exact) mass is 664 g/mol. The standard InChI is InChI=1S/C43H24N2O2S2/c1-2-10-25(11-3-1)43-44-33-24-34(41-40(42(33)49-43)31-14-5-8-16-36(31)47-41)45(26-19-21-39-32(22-26)30-13-6-9-17-38(30)48-39)27-18-20-29-28-12-4-7-15-35(28)46-37(29)23-27/h1-24H. The Hall–Kier alpha value is -5.95. The molecule has 7 aromatic carbocycles. The van der Waals surface area contributed by atoms with Crippen LogP contribution in [0, 0.1) is 0 Å². The molecule has 4 heterocycles. The summed E-state index contributed by atoms with van der Waals surface area (Å²) in [5.41, 5.74) is 8.39. The van der Waals surface area contributed by atoms with Gasteiger partial charge in [0.05, 0.1) is 21.6 Å². The van der Waals surface area contributed by atoms with E-state index in [0.717, 1.165) is 81.7 Å². The van der Waals surface area contributed by atoms with Crippen LogP contribution in [-0.4, -0.2) is 4.98 Å². The normalized spacial score (nSPS) is 12.1. The van der Waals surface area contributed by atoms with Crippen molar-refractivity contribution in [1.82, 2.24) is 4.98 Å². The van der Waals surface area contributed by atoms with Crippen LogP contribution in [0.15, 0.2) is 154 Å². The quantitative estimate of drug-likeness (QED) is 0.188. The van der Waals surface area contributed by atoms with Crippen molar-refractivity contribution in [3.05, 3.63) is 146 Å². The van der Waals surface area contributed by atoms with Gasteiger partial charge in [0.2, 0.25) is 0 Å². The Bertz CT molecular complexity index is 3080. The van der Waals surface area contributed by atoms with Crippen molar-refractivity contribution in [2.24, 2.45) is 0 Å². The molecule has 0 aliphatic heterocycles. The van der Waals surface area contributed by atoms with Crippen LogP contribution >= 0.6 is 22.7 Å². The number of thiophene rings is 1. The van der Waals surface area contributed by atoms with Gasteiger partial charge in [-0.15, -0.1) is 22.7 Å². The molecule has 11 rings (SSSR count). The van der Waals surface area contributed by atoms with Gasteiger partial charge in [-0.25, -0.2) is 4.98 Å². The number of furan rings is 2. The number of fused-ring (bicyclic) bond motifs is 11. The van der Waals surface area contributed by atoms with Crippen LogP contribution in [0.3, 0.4) is 0 Å². The molecule has 6 heteroatoms. The van der Waals surface area contributed by atoms with Crippen LogP contribution in [0.5, 0.6) is 0 Å². The van der Waals surface area contributed by atoms with Gasteiger partial charge in [-0.1, -0.05) is 84.9 Å². The van der Waals surface area contributed by atoms with E-state index in [1.165, 1.54) is 20.2 Å². The first kappa shape index (κ1) is 27.0. The van der Waals surface area contributed by atoms with Crippen molar-refractivity contribution in [3.8, 4) is 10.6 Å². The lowest BCUT2D eigenvalue weighted by molar-refractivity contribution is 0.667. The molecule has 230 valence electrons. The number of thiazole rings is 1. The van der Waals surface area contributed by atoms with E-state index in [4.69, 9.17) is 13.8 Å². The summed E-state index contributed by atoms with van der Waals surface area (Å²) < 4.78 is 16.9. The van der Waals surface area contributed by atoms with Gasteiger partial charge in [-0.05, 0) is 54.6 Å². The molecule has 0 N–H and O–H groups in total. The van der Waals surface area contributed by atoms with Gasteiger partial charge in [0.15, 0.2) is 5.58 Å². The summed E-state index contributed by atoms with van der Waals surface area (Å²) in [6.07, 6.45) is 0. The first-order valence-electron chi connectivity index (χ1n) is 16.2. The minimum Gasteiger partial charge on any atom is -0.456 e. The van der Waals surface area contributed by atoms with Gasteiger partial charge in [0, 0.05) is 59.0 Å². The lowest BCUT2D eigenvalue weighted by Gasteiger charge is -2.25. The second-order valence-corrected chi connectivity index (χ2v) is 14.4. The Balaban J connectivity index is 1.24. The van der Waals surface area contributed by atoms with Crippen LogP contribution in [0.4, 0.5) is 17.1 Å². The average molecular weight is 665 g/mol. The smallest absolute Gasteiger partial charge is 0.160 e. The molecular formula is C43H24N2O2S2. The molecule has 0 unspecified atom stereocenters. The Labute approximate surface area is 287 Å². The molecule has 4 aromatic heterocycles. The summed E-state index contributed by atoms with van der Waals surface area (Å²) in [5, 5.41) is 7.84. The minimum atomic E-state index is 0.830. The van der Waals surface area contributed by atoms with E-state index in [1.54, 1.807) is 11.3 Å². The van der Waals surface area contributed by atoms with Crippen molar-refractivity contribution in [2.45, 2.75) is 0 Å². The summed E-state index contributed by atoms with van der Waals surface area (Å²) in [6, 6.07) is 51.1. The number of hydrogen-bond donors (Lipinski definition) is 0.